The third-order valence-electron chi connectivity index (χ3n) is 4.46. The van der Waals surface area contributed by atoms with Gasteiger partial charge in [0.1, 0.15) is 16.4 Å². The molecule has 1 saturated heterocycles. The Hall–Kier alpha value is -2.32. The fraction of sp³-hybridized carbons (Fsp3) is 0.421. The molecule has 0 unspecified atom stereocenters. The molecule has 1 aromatic heterocycles. The van der Waals surface area contributed by atoms with Crippen molar-refractivity contribution in [3.05, 3.63) is 41.3 Å². The smallest absolute Gasteiger partial charge is 0.291 e. The number of benzene rings is 1. The highest BCUT2D eigenvalue weighted by molar-refractivity contribution is 7.89. The molecule has 0 saturated carbocycles. The summed E-state index contributed by atoms with van der Waals surface area (Å²) < 4.78 is 37.9. The van der Waals surface area contributed by atoms with Gasteiger partial charge in [-0.15, -0.1) is 0 Å². The van der Waals surface area contributed by atoms with Gasteiger partial charge in [-0.25, -0.2) is 8.42 Å². The van der Waals surface area contributed by atoms with Crippen LogP contribution in [0.15, 0.2) is 33.6 Å². The molecule has 1 amide bonds. The van der Waals surface area contributed by atoms with Crippen LogP contribution in [0.4, 0.5) is 5.69 Å². The number of nitrogens with zero attached hydrogens (tertiary/aromatic N) is 1. The summed E-state index contributed by atoms with van der Waals surface area (Å²) in [6.07, 6.45) is 1.69. The van der Waals surface area contributed by atoms with Gasteiger partial charge in [-0.1, -0.05) is 6.07 Å². The second-order valence-corrected chi connectivity index (χ2v) is 8.44. The molecule has 3 rings (SSSR count). The molecule has 0 atom stereocenters. The summed E-state index contributed by atoms with van der Waals surface area (Å²) in [4.78, 5) is 12.6. The van der Waals surface area contributed by atoms with E-state index >= 15 is 0 Å². The first kappa shape index (κ1) is 19.4. The van der Waals surface area contributed by atoms with Crippen molar-refractivity contribution >= 4 is 21.6 Å². The summed E-state index contributed by atoms with van der Waals surface area (Å²) in [6.45, 7) is 6.80. The molecule has 2 aromatic rings. The third-order valence-corrected chi connectivity index (χ3v) is 6.47. The Kier molecular flexibility index (Phi) is 5.57. The van der Waals surface area contributed by atoms with Crippen LogP contribution in [0.3, 0.4) is 0 Å². The number of hydrogen-bond acceptors (Lipinski definition) is 5. The van der Waals surface area contributed by atoms with Crippen LogP contribution in [0.1, 0.15) is 41.6 Å². The third kappa shape index (κ3) is 4.01. The second kappa shape index (κ2) is 7.74. The standard InChI is InChI=1S/C19H24N2O5S/c1-4-25-16-11-13(2)7-8-15(16)20-19(22)17-12-18(14(3)26-17)27(23,24)21-9-5-6-10-21/h7-8,11-12H,4-6,9-10H2,1-3H3,(H,20,22). The highest BCUT2D eigenvalue weighted by Gasteiger charge is 2.31. The van der Waals surface area contributed by atoms with Crippen LogP contribution >= 0.6 is 0 Å². The molecule has 7 nitrogen and oxygen atoms in total. The number of hydrogen-bond donors (Lipinski definition) is 1. The second-order valence-electron chi connectivity index (χ2n) is 6.53. The normalized spacial score (nSPS) is 15.1. The van der Waals surface area contributed by atoms with Crippen LogP contribution in [0, 0.1) is 13.8 Å². The summed E-state index contributed by atoms with van der Waals surface area (Å²) in [5.74, 6) is 0.194. The number of carbonyl (C=O) groups excluding carboxylic acids is 1. The molecule has 8 heteroatoms. The van der Waals surface area contributed by atoms with Gasteiger partial charge in [0.15, 0.2) is 5.76 Å². The van der Waals surface area contributed by atoms with E-state index in [9.17, 15) is 13.2 Å². The van der Waals surface area contributed by atoms with E-state index in [4.69, 9.17) is 9.15 Å². The molecule has 1 aliphatic rings. The summed E-state index contributed by atoms with van der Waals surface area (Å²) in [5, 5.41) is 2.73. The molecule has 1 N–H and O–H groups in total. The number of aryl methyl sites for hydroxylation is 2. The van der Waals surface area contributed by atoms with Gasteiger partial charge in [-0.3, -0.25) is 4.79 Å². The van der Waals surface area contributed by atoms with E-state index in [1.54, 1.807) is 13.0 Å². The van der Waals surface area contributed by atoms with Crippen molar-refractivity contribution in [2.45, 2.75) is 38.5 Å². The summed E-state index contributed by atoms with van der Waals surface area (Å²) in [7, 11) is -3.64. The average molecular weight is 392 g/mol. The molecule has 1 fully saturated rings. The van der Waals surface area contributed by atoms with Crippen LogP contribution in [0.2, 0.25) is 0 Å². The Bertz CT molecular complexity index is 943. The average Bonchev–Trinajstić information content (AvgIpc) is 3.27. The van der Waals surface area contributed by atoms with Crippen molar-refractivity contribution < 1.29 is 22.4 Å². The first-order chi connectivity index (χ1) is 12.8. The van der Waals surface area contributed by atoms with Gasteiger partial charge >= 0.3 is 0 Å². The number of amides is 1. The molecule has 1 aliphatic heterocycles. The molecule has 0 bridgehead atoms. The summed E-state index contributed by atoms with van der Waals surface area (Å²) in [5.41, 5.74) is 1.51. The zero-order chi connectivity index (χ0) is 19.6. The van der Waals surface area contributed by atoms with Crippen LogP contribution in [0.5, 0.6) is 5.75 Å². The minimum Gasteiger partial charge on any atom is -0.492 e. The summed E-state index contributed by atoms with van der Waals surface area (Å²) in [6, 6.07) is 6.73. The first-order valence-electron chi connectivity index (χ1n) is 8.98. The maximum Gasteiger partial charge on any atom is 0.291 e. The van der Waals surface area contributed by atoms with Crippen molar-refractivity contribution in [1.82, 2.24) is 4.31 Å². The molecule has 0 aliphatic carbocycles. The lowest BCUT2D eigenvalue weighted by Gasteiger charge is -2.14. The van der Waals surface area contributed by atoms with Gasteiger partial charge < -0.3 is 14.5 Å². The first-order valence-corrected chi connectivity index (χ1v) is 10.4. The number of rotatable bonds is 6. The molecule has 0 radical (unpaired) electrons. The largest absolute Gasteiger partial charge is 0.492 e. The van der Waals surface area contributed by atoms with Gasteiger partial charge in [0.05, 0.1) is 12.3 Å². The zero-order valence-corrected chi connectivity index (χ0v) is 16.6. The van der Waals surface area contributed by atoms with E-state index in [1.807, 2.05) is 26.0 Å². The van der Waals surface area contributed by atoms with E-state index < -0.39 is 15.9 Å². The van der Waals surface area contributed by atoms with Crippen LogP contribution in [-0.4, -0.2) is 38.3 Å². The minimum atomic E-state index is -3.64. The molecular formula is C19H24N2O5S. The van der Waals surface area contributed by atoms with Gasteiger partial charge in [0.25, 0.3) is 5.91 Å². The highest BCUT2D eigenvalue weighted by Crippen LogP contribution is 2.29. The van der Waals surface area contributed by atoms with Gasteiger partial charge in [0, 0.05) is 19.2 Å². The summed E-state index contributed by atoms with van der Waals surface area (Å²) >= 11 is 0. The molecule has 146 valence electrons. The van der Waals surface area contributed by atoms with E-state index in [0.717, 1.165) is 18.4 Å². The Morgan fingerprint density at radius 2 is 1.93 bits per heavy atom. The molecule has 27 heavy (non-hydrogen) atoms. The Morgan fingerprint density at radius 1 is 1.22 bits per heavy atom. The van der Waals surface area contributed by atoms with E-state index in [1.165, 1.54) is 10.4 Å². The van der Waals surface area contributed by atoms with Gasteiger partial charge in [-0.2, -0.15) is 4.31 Å². The number of anilines is 1. The van der Waals surface area contributed by atoms with E-state index in [-0.39, 0.29) is 16.4 Å². The van der Waals surface area contributed by atoms with Crippen molar-refractivity contribution in [1.29, 1.82) is 0 Å². The quantitative estimate of drug-likeness (QED) is 0.814. The predicted molar refractivity (Wildman–Crippen MR) is 102 cm³/mol. The van der Waals surface area contributed by atoms with Crippen molar-refractivity contribution in [2.24, 2.45) is 0 Å². The van der Waals surface area contributed by atoms with Gasteiger partial charge in [0.2, 0.25) is 10.0 Å². The monoisotopic (exact) mass is 392 g/mol. The van der Waals surface area contributed by atoms with Crippen molar-refractivity contribution in [2.75, 3.05) is 25.0 Å². The zero-order valence-electron chi connectivity index (χ0n) is 15.7. The van der Waals surface area contributed by atoms with E-state index in [0.29, 0.717) is 31.1 Å². The van der Waals surface area contributed by atoms with Crippen LogP contribution < -0.4 is 10.1 Å². The van der Waals surface area contributed by atoms with E-state index in [2.05, 4.69) is 5.32 Å². The maximum atomic E-state index is 12.7. The predicted octanol–water partition coefficient (Wildman–Crippen LogP) is 3.33. The Labute approximate surface area is 159 Å². The topological polar surface area (TPSA) is 88.8 Å². The van der Waals surface area contributed by atoms with Gasteiger partial charge in [-0.05, 0) is 51.3 Å². The highest BCUT2D eigenvalue weighted by atomic mass is 32.2. The van der Waals surface area contributed by atoms with Crippen LogP contribution in [-0.2, 0) is 10.0 Å². The number of nitrogens with one attached hydrogen (secondary N) is 1. The van der Waals surface area contributed by atoms with Crippen molar-refractivity contribution in [3.63, 3.8) is 0 Å². The molecule has 1 aromatic carbocycles. The lowest BCUT2D eigenvalue weighted by Crippen LogP contribution is -2.28. The number of ether oxygens (including phenoxy) is 1. The number of sulfonamides is 1. The fourth-order valence-corrected chi connectivity index (χ4v) is 4.77. The Balaban J connectivity index is 1.85. The Morgan fingerprint density at radius 3 is 2.59 bits per heavy atom. The lowest BCUT2D eigenvalue weighted by molar-refractivity contribution is 0.0995. The lowest BCUT2D eigenvalue weighted by atomic mass is 10.2. The molecular weight excluding hydrogens is 368 g/mol. The fourth-order valence-electron chi connectivity index (χ4n) is 3.09. The maximum absolute atomic E-state index is 12.7. The number of furan rings is 1. The molecule has 2 heterocycles. The number of carbonyl (C=O) groups is 1. The van der Waals surface area contributed by atoms with Crippen LogP contribution in [0.25, 0.3) is 0 Å². The minimum absolute atomic E-state index is 0.0449. The molecule has 0 spiro atoms. The van der Waals surface area contributed by atoms with Crippen molar-refractivity contribution in [3.8, 4) is 5.75 Å². The SMILES string of the molecule is CCOc1cc(C)ccc1NC(=O)c1cc(S(=O)(=O)N2CCCC2)c(C)o1.